The molecule has 3 rings (SSSR count). The van der Waals surface area contributed by atoms with Crippen LogP contribution < -0.4 is 15.4 Å². The van der Waals surface area contributed by atoms with E-state index in [1.807, 2.05) is 0 Å². The van der Waals surface area contributed by atoms with E-state index in [2.05, 4.69) is 10.6 Å². The number of amides is 2. The standard InChI is InChI=1S/C21H16ClN3O5/c1-30-19-12-14(23-20(26)13-6-9-15(10-7-13)25(28)29)8-11-18(19)24-21(27)16-4-2-3-5-17(16)22/h2-12H,1H3,(H,23,26)(H,24,27). The van der Waals surface area contributed by atoms with Gasteiger partial charge in [-0.15, -0.1) is 0 Å². The molecular formula is C21H16ClN3O5. The fourth-order valence-corrected chi connectivity index (χ4v) is 2.87. The van der Waals surface area contributed by atoms with Crippen molar-refractivity contribution >= 4 is 40.5 Å². The van der Waals surface area contributed by atoms with Gasteiger partial charge in [-0.25, -0.2) is 0 Å². The van der Waals surface area contributed by atoms with Crippen LogP contribution in [0.2, 0.25) is 5.02 Å². The smallest absolute Gasteiger partial charge is 0.269 e. The van der Waals surface area contributed by atoms with E-state index in [4.69, 9.17) is 16.3 Å². The topological polar surface area (TPSA) is 111 Å². The molecule has 0 fully saturated rings. The molecule has 0 saturated carbocycles. The first-order valence-electron chi connectivity index (χ1n) is 8.69. The van der Waals surface area contributed by atoms with Crippen molar-refractivity contribution in [2.24, 2.45) is 0 Å². The maximum atomic E-state index is 12.5. The Kier molecular flexibility index (Phi) is 6.29. The molecule has 2 N–H and O–H groups in total. The number of rotatable bonds is 6. The largest absolute Gasteiger partial charge is 0.494 e. The average Bonchev–Trinajstić information content (AvgIpc) is 2.75. The van der Waals surface area contributed by atoms with Crippen molar-refractivity contribution < 1.29 is 19.2 Å². The molecule has 0 bridgehead atoms. The average molecular weight is 426 g/mol. The van der Waals surface area contributed by atoms with Crippen molar-refractivity contribution in [3.05, 3.63) is 93.0 Å². The fraction of sp³-hybridized carbons (Fsp3) is 0.0476. The third kappa shape index (κ3) is 4.73. The lowest BCUT2D eigenvalue weighted by molar-refractivity contribution is -0.384. The molecule has 0 radical (unpaired) electrons. The van der Waals surface area contributed by atoms with Crippen LogP contribution in [-0.4, -0.2) is 23.8 Å². The summed E-state index contributed by atoms with van der Waals surface area (Å²) >= 11 is 6.05. The van der Waals surface area contributed by atoms with Gasteiger partial charge in [-0.3, -0.25) is 19.7 Å². The number of ether oxygens (including phenoxy) is 1. The highest BCUT2D eigenvalue weighted by Gasteiger charge is 2.14. The predicted molar refractivity (Wildman–Crippen MR) is 113 cm³/mol. The first-order valence-corrected chi connectivity index (χ1v) is 9.06. The number of methoxy groups -OCH3 is 1. The number of halogens is 1. The van der Waals surface area contributed by atoms with Crippen LogP contribution in [0.15, 0.2) is 66.7 Å². The third-order valence-corrected chi connectivity index (χ3v) is 4.50. The molecule has 0 atom stereocenters. The van der Waals surface area contributed by atoms with Crippen LogP contribution in [0.25, 0.3) is 0 Å². The third-order valence-electron chi connectivity index (χ3n) is 4.17. The second kappa shape index (κ2) is 9.06. The molecule has 0 aromatic heterocycles. The Morgan fingerprint density at radius 3 is 2.30 bits per heavy atom. The van der Waals surface area contributed by atoms with Gasteiger partial charge in [-0.2, -0.15) is 0 Å². The SMILES string of the molecule is COc1cc(NC(=O)c2ccc([N+](=O)[O-])cc2)ccc1NC(=O)c1ccccc1Cl. The number of non-ortho nitro benzene ring substituents is 1. The summed E-state index contributed by atoms with van der Waals surface area (Å²) in [6.07, 6.45) is 0. The van der Waals surface area contributed by atoms with E-state index in [-0.39, 0.29) is 11.3 Å². The molecule has 0 heterocycles. The molecule has 0 aliphatic rings. The number of benzene rings is 3. The molecule has 152 valence electrons. The van der Waals surface area contributed by atoms with Gasteiger partial charge < -0.3 is 15.4 Å². The number of anilines is 2. The summed E-state index contributed by atoms with van der Waals surface area (Å²) in [6.45, 7) is 0. The van der Waals surface area contributed by atoms with Crippen molar-refractivity contribution in [3.8, 4) is 5.75 Å². The summed E-state index contributed by atoms with van der Waals surface area (Å²) in [5.74, 6) is -0.515. The number of nitrogens with zero attached hydrogens (tertiary/aromatic N) is 1. The maximum Gasteiger partial charge on any atom is 0.269 e. The highest BCUT2D eigenvalue weighted by atomic mass is 35.5. The van der Waals surface area contributed by atoms with E-state index in [1.54, 1.807) is 42.5 Å². The summed E-state index contributed by atoms with van der Waals surface area (Å²) in [4.78, 5) is 35.0. The van der Waals surface area contributed by atoms with Crippen LogP contribution in [0.4, 0.5) is 17.1 Å². The Morgan fingerprint density at radius 2 is 1.67 bits per heavy atom. The number of hydrogen-bond donors (Lipinski definition) is 2. The highest BCUT2D eigenvalue weighted by molar-refractivity contribution is 6.34. The molecule has 30 heavy (non-hydrogen) atoms. The molecule has 8 nitrogen and oxygen atoms in total. The van der Waals surface area contributed by atoms with Crippen molar-refractivity contribution in [1.29, 1.82) is 0 Å². The van der Waals surface area contributed by atoms with Gasteiger partial charge in [0.15, 0.2) is 0 Å². The van der Waals surface area contributed by atoms with Crippen LogP contribution in [-0.2, 0) is 0 Å². The Bertz CT molecular complexity index is 1120. The molecule has 3 aromatic carbocycles. The van der Waals surface area contributed by atoms with Gasteiger partial charge in [0.05, 0.1) is 28.3 Å². The van der Waals surface area contributed by atoms with Crippen LogP contribution >= 0.6 is 11.6 Å². The number of carbonyl (C=O) groups is 2. The monoisotopic (exact) mass is 425 g/mol. The van der Waals surface area contributed by atoms with E-state index in [0.717, 1.165) is 0 Å². The number of hydrogen-bond acceptors (Lipinski definition) is 5. The second-order valence-corrected chi connectivity index (χ2v) is 6.51. The molecule has 9 heteroatoms. The molecule has 0 saturated heterocycles. The summed E-state index contributed by atoms with van der Waals surface area (Å²) in [5.41, 5.74) is 1.29. The van der Waals surface area contributed by atoms with E-state index in [9.17, 15) is 19.7 Å². The van der Waals surface area contributed by atoms with Crippen molar-refractivity contribution in [3.63, 3.8) is 0 Å². The summed E-state index contributed by atoms with van der Waals surface area (Å²) in [6, 6.07) is 16.6. The van der Waals surface area contributed by atoms with E-state index in [0.29, 0.717) is 27.7 Å². The van der Waals surface area contributed by atoms with Crippen LogP contribution in [0.1, 0.15) is 20.7 Å². The summed E-state index contributed by atoms with van der Waals surface area (Å²) < 4.78 is 5.31. The molecule has 0 aliphatic heterocycles. The second-order valence-electron chi connectivity index (χ2n) is 6.11. The lowest BCUT2D eigenvalue weighted by Crippen LogP contribution is -2.14. The van der Waals surface area contributed by atoms with E-state index in [1.165, 1.54) is 31.4 Å². The zero-order chi connectivity index (χ0) is 21.7. The number of nitro benzene ring substituents is 1. The Balaban J connectivity index is 1.75. The van der Waals surface area contributed by atoms with Gasteiger partial charge in [0.1, 0.15) is 5.75 Å². The first kappa shape index (κ1) is 20.8. The maximum absolute atomic E-state index is 12.5. The molecule has 3 aromatic rings. The number of nitrogens with one attached hydrogen (secondary N) is 2. The van der Waals surface area contributed by atoms with E-state index >= 15 is 0 Å². The molecule has 0 unspecified atom stereocenters. The Hall–Kier alpha value is -3.91. The minimum Gasteiger partial charge on any atom is -0.494 e. The van der Waals surface area contributed by atoms with Crippen molar-refractivity contribution in [1.82, 2.24) is 0 Å². The van der Waals surface area contributed by atoms with Crippen LogP contribution in [0, 0.1) is 10.1 Å². The zero-order valence-corrected chi connectivity index (χ0v) is 16.5. The molecule has 0 spiro atoms. The zero-order valence-electron chi connectivity index (χ0n) is 15.7. The van der Waals surface area contributed by atoms with Gasteiger partial charge in [-0.05, 0) is 36.4 Å². The normalized spacial score (nSPS) is 10.2. The highest BCUT2D eigenvalue weighted by Crippen LogP contribution is 2.29. The van der Waals surface area contributed by atoms with Crippen LogP contribution in [0.3, 0.4) is 0 Å². The lowest BCUT2D eigenvalue weighted by atomic mass is 10.1. The Morgan fingerprint density at radius 1 is 0.967 bits per heavy atom. The molecule has 0 aliphatic carbocycles. The number of nitro groups is 1. The lowest BCUT2D eigenvalue weighted by Gasteiger charge is -2.13. The van der Waals surface area contributed by atoms with Gasteiger partial charge in [-0.1, -0.05) is 23.7 Å². The van der Waals surface area contributed by atoms with Crippen molar-refractivity contribution in [2.75, 3.05) is 17.7 Å². The Labute approximate surface area is 176 Å². The van der Waals surface area contributed by atoms with Crippen molar-refractivity contribution in [2.45, 2.75) is 0 Å². The van der Waals surface area contributed by atoms with Crippen LogP contribution in [0.5, 0.6) is 5.75 Å². The van der Waals surface area contributed by atoms with Gasteiger partial charge in [0, 0.05) is 29.4 Å². The fourth-order valence-electron chi connectivity index (χ4n) is 2.65. The van der Waals surface area contributed by atoms with E-state index < -0.39 is 16.7 Å². The summed E-state index contributed by atoms with van der Waals surface area (Å²) in [7, 11) is 1.43. The number of carbonyl (C=O) groups excluding carboxylic acids is 2. The summed E-state index contributed by atoms with van der Waals surface area (Å²) in [5, 5.41) is 16.4. The first-order chi connectivity index (χ1) is 14.4. The van der Waals surface area contributed by atoms with Gasteiger partial charge in [0.2, 0.25) is 0 Å². The minimum atomic E-state index is -0.539. The van der Waals surface area contributed by atoms with Gasteiger partial charge in [0.25, 0.3) is 17.5 Å². The molecule has 2 amide bonds. The molecular weight excluding hydrogens is 410 g/mol. The minimum absolute atomic E-state index is 0.105. The predicted octanol–water partition coefficient (Wildman–Crippen LogP) is 4.76. The van der Waals surface area contributed by atoms with Gasteiger partial charge >= 0.3 is 0 Å². The quantitative estimate of drug-likeness (QED) is 0.437.